The topological polar surface area (TPSA) is 49.3 Å². The van der Waals surface area contributed by atoms with Crippen LogP contribution in [0.3, 0.4) is 0 Å². The number of anilines is 1. The van der Waals surface area contributed by atoms with Gasteiger partial charge in [-0.05, 0) is 35.6 Å². The van der Waals surface area contributed by atoms with E-state index < -0.39 is 23.6 Å². The van der Waals surface area contributed by atoms with Crippen LogP contribution >= 0.6 is 22.6 Å². The molecule has 0 unspecified atom stereocenters. The van der Waals surface area contributed by atoms with Gasteiger partial charge in [-0.3, -0.25) is 4.79 Å². The zero-order valence-corrected chi connectivity index (χ0v) is 9.88. The molecule has 82 valence electrons. The van der Waals surface area contributed by atoms with Crippen molar-refractivity contribution in [2.45, 2.75) is 13.0 Å². The maximum Gasteiger partial charge on any atom is 0.325 e. The molecule has 0 aliphatic heterocycles. The molecule has 15 heavy (non-hydrogen) atoms. The number of benzene rings is 1. The molecule has 0 aromatic heterocycles. The summed E-state index contributed by atoms with van der Waals surface area (Å²) >= 11 is 1.80. The molecule has 2 N–H and O–H groups in total. The zero-order valence-electron chi connectivity index (χ0n) is 7.72. The second-order valence-corrected chi connectivity index (χ2v) is 4.11. The van der Waals surface area contributed by atoms with Gasteiger partial charge in [0.1, 0.15) is 6.04 Å². The lowest BCUT2D eigenvalue weighted by molar-refractivity contribution is -0.137. The fraction of sp³-hybridized carbons (Fsp3) is 0.222. The summed E-state index contributed by atoms with van der Waals surface area (Å²) in [7, 11) is 0. The minimum Gasteiger partial charge on any atom is -0.480 e. The van der Waals surface area contributed by atoms with Crippen LogP contribution < -0.4 is 5.32 Å². The van der Waals surface area contributed by atoms with Crippen molar-refractivity contribution in [1.29, 1.82) is 0 Å². The van der Waals surface area contributed by atoms with E-state index in [2.05, 4.69) is 5.32 Å². The van der Waals surface area contributed by atoms with Gasteiger partial charge < -0.3 is 10.4 Å². The molecule has 1 aromatic carbocycles. The van der Waals surface area contributed by atoms with Gasteiger partial charge in [0.15, 0.2) is 11.6 Å². The molecule has 0 spiro atoms. The van der Waals surface area contributed by atoms with Gasteiger partial charge in [0.05, 0.1) is 5.69 Å². The van der Waals surface area contributed by atoms with E-state index in [0.717, 1.165) is 12.1 Å². The lowest BCUT2D eigenvalue weighted by Gasteiger charge is -2.12. The van der Waals surface area contributed by atoms with Gasteiger partial charge in [-0.25, -0.2) is 8.78 Å². The SMILES string of the molecule is C[C@H](Nc1cc(F)c(F)cc1I)C(=O)O. The third kappa shape index (κ3) is 3.01. The number of nitrogens with one attached hydrogen (secondary N) is 1. The van der Waals surface area contributed by atoms with Gasteiger partial charge in [-0.15, -0.1) is 0 Å². The number of carbonyl (C=O) groups is 1. The Hall–Kier alpha value is -0.920. The van der Waals surface area contributed by atoms with Crippen LogP contribution in [0.2, 0.25) is 0 Å². The smallest absolute Gasteiger partial charge is 0.325 e. The predicted octanol–water partition coefficient (Wildman–Crippen LogP) is 2.45. The fourth-order valence-electron chi connectivity index (χ4n) is 0.928. The van der Waals surface area contributed by atoms with Crippen LogP contribution in [0.25, 0.3) is 0 Å². The van der Waals surface area contributed by atoms with Crippen LogP contribution in [0.5, 0.6) is 0 Å². The summed E-state index contributed by atoms with van der Waals surface area (Å²) < 4.78 is 26.0. The summed E-state index contributed by atoms with van der Waals surface area (Å²) in [6.45, 7) is 1.42. The summed E-state index contributed by atoms with van der Waals surface area (Å²) in [5, 5.41) is 11.2. The number of hydrogen-bond acceptors (Lipinski definition) is 2. The molecule has 0 saturated heterocycles. The lowest BCUT2D eigenvalue weighted by Crippen LogP contribution is -2.25. The van der Waals surface area contributed by atoms with Crippen molar-refractivity contribution >= 4 is 34.2 Å². The normalized spacial score (nSPS) is 12.3. The summed E-state index contributed by atoms with van der Waals surface area (Å²) in [6, 6.07) is 1.09. The van der Waals surface area contributed by atoms with Crippen LogP contribution in [0.1, 0.15) is 6.92 Å². The van der Waals surface area contributed by atoms with E-state index in [-0.39, 0.29) is 5.69 Å². The number of carboxylic acids is 1. The van der Waals surface area contributed by atoms with Gasteiger partial charge in [-0.1, -0.05) is 0 Å². The number of hydrogen-bond donors (Lipinski definition) is 2. The minimum atomic E-state index is -1.06. The Labute approximate surface area is 98.6 Å². The molecular formula is C9H8F2INO2. The average molecular weight is 327 g/mol. The van der Waals surface area contributed by atoms with E-state index in [0.29, 0.717) is 3.57 Å². The molecular weight excluding hydrogens is 319 g/mol. The number of rotatable bonds is 3. The summed E-state index contributed by atoms with van der Waals surface area (Å²) in [6.07, 6.45) is 0. The maximum absolute atomic E-state index is 12.8. The first-order valence-electron chi connectivity index (χ1n) is 4.05. The highest BCUT2D eigenvalue weighted by molar-refractivity contribution is 14.1. The Balaban J connectivity index is 2.95. The number of halogens is 3. The summed E-state index contributed by atoms with van der Waals surface area (Å²) in [5.74, 6) is -3.01. The first-order chi connectivity index (χ1) is 6.91. The van der Waals surface area contributed by atoms with E-state index in [1.54, 1.807) is 22.6 Å². The maximum atomic E-state index is 12.8. The highest BCUT2D eigenvalue weighted by Crippen LogP contribution is 2.22. The van der Waals surface area contributed by atoms with Crippen LogP contribution in [0.4, 0.5) is 14.5 Å². The van der Waals surface area contributed by atoms with Crippen molar-refractivity contribution < 1.29 is 18.7 Å². The van der Waals surface area contributed by atoms with Crippen molar-refractivity contribution in [2.24, 2.45) is 0 Å². The second kappa shape index (κ2) is 4.73. The second-order valence-electron chi connectivity index (χ2n) is 2.95. The third-order valence-electron chi connectivity index (χ3n) is 1.75. The lowest BCUT2D eigenvalue weighted by atomic mass is 10.2. The molecule has 0 radical (unpaired) electrons. The molecule has 0 fully saturated rings. The van der Waals surface area contributed by atoms with E-state index >= 15 is 0 Å². The van der Waals surface area contributed by atoms with E-state index in [1.807, 2.05) is 0 Å². The van der Waals surface area contributed by atoms with Crippen molar-refractivity contribution in [3.8, 4) is 0 Å². The Kier molecular flexibility index (Phi) is 3.83. The van der Waals surface area contributed by atoms with Crippen LogP contribution in [-0.4, -0.2) is 17.1 Å². The van der Waals surface area contributed by atoms with Crippen molar-refractivity contribution in [3.63, 3.8) is 0 Å². The first kappa shape index (κ1) is 12.2. The van der Waals surface area contributed by atoms with Crippen LogP contribution in [0.15, 0.2) is 12.1 Å². The first-order valence-corrected chi connectivity index (χ1v) is 5.13. The molecule has 0 aliphatic rings. The highest BCUT2D eigenvalue weighted by Gasteiger charge is 2.14. The molecule has 1 rings (SSSR count). The molecule has 0 bridgehead atoms. The average Bonchev–Trinajstić information content (AvgIpc) is 2.13. The van der Waals surface area contributed by atoms with Crippen LogP contribution in [-0.2, 0) is 4.79 Å². The summed E-state index contributed by atoms with van der Waals surface area (Å²) in [4.78, 5) is 10.5. The van der Waals surface area contributed by atoms with Crippen LogP contribution in [0, 0.1) is 15.2 Å². The molecule has 0 saturated carbocycles. The van der Waals surface area contributed by atoms with E-state index in [9.17, 15) is 13.6 Å². The molecule has 1 atom stereocenters. The Bertz CT molecular complexity index is 398. The van der Waals surface area contributed by atoms with Gasteiger partial charge in [0.25, 0.3) is 0 Å². The predicted molar refractivity (Wildman–Crippen MR) is 59.8 cm³/mol. The largest absolute Gasteiger partial charge is 0.480 e. The third-order valence-corrected chi connectivity index (χ3v) is 2.64. The van der Waals surface area contributed by atoms with Gasteiger partial charge in [0.2, 0.25) is 0 Å². The molecule has 0 heterocycles. The molecule has 0 amide bonds. The van der Waals surface area contributed by atoms with Gasteiger partial charge in [-0.2, -0.15) is 0 Å². The quantitative estimate of drug-likeness (QED) is 0.662. The van der Waals surface area contributed by atoms with Crippen molar-refractivity contribution in [1.82, 2.24) is 0 Å². The molecule has 6 heteroatoms. The van der Waals surface area contributed by atoms with E-state index in [4.69, 9.17) is 5.11 Å². The Morgan fingerprint density at radius 3 is 2.53 bits per heavy atom. The summed E-state index contributed by atoms with van der Waals surface area (Å²) in [5.41, 5.74) is 0.268. The minimum absolute atomic E-state index is 0.268. The standard InChI is InChI=1S/C9H8F2INO2/c1-4(9(14)15)13-8-3-6(11)5(10)2-7(8)12/h2-4,13H,1H3,(H,14,15)/t4-/m0/s1. The van der Waals surface area contributed by atoms with Crippen molar-refractivity contribution in [2.75, 3.05) is 5.32 Å². The number of aliphatic carboxylic acids is 1. The Morgan fingerprint density at radius 2 is 2.00 bits per heavy atom. The van der Waals surface area contributed by atoms with Gasteiger partial charge >= 0.3 is 5.97 Å². The molecule has 1 aromatic rings. The molecule has 0 aliphatic carbocycles. The highest BCUT2D eigenvalue weighted by atomic mass is 127. The zero-order chi connectivity index (χ0) is 11.6. The van der Waals surface area contributed by atoms with Crippen molar-refractivity contribution in [3.05, 3.63) is 27.3 Å². The monoisotopic (exact) mass is 327 g/mol. The number of carboxylic acid groups (broad SMARTS) is 1. The van der Waals surface area contributed by atoms with E-state index in [1.165, 1.54) is 6.92 Å². The Morgan fingerprint density at radius 1 is 1.47 bits per heavy atom. The van der Waals surface area contributed by atoms with Gasteiger partial charge in [0, 0.05) is 9.64 Å². The molecule has 3 nitrogen and oxygen atoms in total. The fourth-order valence-corrected chi connectivity index (χ4v) is 1.51.